The third kappa shape index (κ3) is 14.2. The van der Waals surface area contributed by atoms with Gasteiger partial charge in [0.15, 0.2) is 0 Å². The maximum absolute atomic E-state index is 8.63. The molecule has 0 aliphatic rings. The number of unbranched alkanes of at least 4 members (excludes halogenated alkanes) is 4. The van der Waals surface area contributed by atoms with Gasteiger partial charge in [-0.05, 0) is 37.8 Å². The molecule has 1 aromatic rings. The molecule has 0 amide bonds. The van der Waals surface area contributed by atoms with Crippen LogP contribution < -0.4 is 12.4 Å². The normalized spacial score (nSPS) is 10.6. The lowest BCUT2D eigenvalue weighted by molar-refractivity contribution is -0.929. The maximum atomic E-state index is 8.63. The van der Waals surface area contributed by atoms with Gasteiger partial charge >= 0.3 is 0 Å². The van der Waals surface area contributed by atoms with E-state index in [4.69, 9.17) is 5.11 Å². The Morgan fingerprint density at radius 1 is 0.640 bits per heavy atom. The first kappa shape index (κ1) is 26.5. The van der Waals surface area contributed by atoms with E-state index in [0.29, 0.717) is 5.75 Å². The van der Waals surface area contributed by atoms with Gasteiger partial charge in [0.05, 0.1) is 26.2 Å². The SMILES string of the molecule is CCCC[N+](CCCC)(CCCC)CCCC.Oc1ccccc1.[Cl-]. The zero-order chi connectivity index (χ0) is 18.1. The molecule has 0 unspecified atom stereocenters. The second-order valence-electron chi connectivity index (χ2n) is 6.99. The van der Waals surface area contributed by atoms with Crippen molar-refractivity contribution in [2.75, 3.05) is 26.2 Å². The highest BCUT2D eigenvalue weighted by Crippen LogP contribution is 2.16. The highest BCUT2D eigenvalue weighted by molar-refractivity contribution is 5.18. The Balaban J connectivity index is 0. The Hall–Kier alpha value is -0.730. The Labute approximate surface area is 163 Å². The standard InChI is InChI=1S/C16H36N.C6H6O.ClH/c1-5-9-13-17(14-10-6-2,15-11-7-3)16-12-8-4;7-6-4-2-1-3-5-6;/h5-16H2,1-4H3;1-5,7H;1H/q+1;;/p-1. The second-order valence-corrected chi connectivity index (χ2v) is 6.99. The molecule has 0 aliphatic heterocycles. The number of hydrogen-bond acceptors (Lipinski definition) is 1. The predicted octanol–water partition coefficient (Wildman–Crippen LogP) is 3.40. The Morgan fingerprint density at radius 3 is 1.16 bits per heavy atom. The molecular weight excluding hydrogens is 330 g/mol. The number of aromatic hydroxyl groups is 1. The van der Waals surface area contributed by atoms with Crippen molar-refractivity contribution in [2.45, 2.75) is 79.1 Å². The monoisotopic (exact) mass is 371 g/mol. The fraction of sp³-hybridized carbons (Fsp3) is 0.727. The summed E-state index contributed by atoms with van der Waals surface area (Å²) in [7, 11) is 0. The molecule has 0 heterocycles. The van der Waals surface area contributed by atoms with Crippen LogP contribution in [0.25, 0.3) is 0 Å². The lowest BCUT2D eigenvalue weighted by Crippen LogP contribution is -3.00. The molecule has 2 nitrogen and oxygen atoms in total. The van der Waals surface area contributed by atoms with E-state index in [1.807, 2.05) is 6.07 Å². The van der Waals surface area contributed by atoms with Crippen molar-refractivity contribution in [3.8, 4) is 5.75 Å². The first-order valence-corrected chi connectivity index (χ1v) is 10.2. The van der Waals surface area contributed by atoms with Crippen molar-refractivity contribution in [1.82, 2.24) is 0 Å². The average Bonchev–Trinajstić information content (AvgIpc) is 2.62. The Kier molecular flexibility index (Phi) is 19.2. The molecule has 0 bridgehead atoms. The summed E-state index contributed by atoms with van der Waals surface area (Å²) in [6, 6.07) is 8.71. The topological polar surface area (TPSA) is 20.2 Å². The van der Waals surface area contributed by atoms with Crippen LogP contribution in [0, 0.1) is 0 Å². The molecule has 0 atom stereocenters. The molecule has 0 fully saturated rings. The van der Waals surface area contributed by atoms with E-state index in [-0.39, 0.29) is 12.4 Å². The van der Waals surface area contributed by atoms with Crippen molar-refractivity contribution in [1.29, 1.82) is 0 Å². The summed E-state index contributed by atoms with van der Waals surface area (Å²) in [6.45, 7) is 15.0. The van der Waals surface area contributed by atoms with Gasteiger partial charge in [0.25, 0.3) is 0 Å². The molecule has 0 aromatic heterocycles. The van der Waals surface area contributed by atoms with Crippen molar-refractivity contribution >= 4 is 0 Å². The van der Waals surface area contributed by atoms with E-state index in [1.54, 1.807) is 24.3 Å². The highest BCUT2D eigenvalue weighted by atomic mass is 35.5. The van der Waals surface area contributed by atoms with E-state index in [2.05, 4.69) is 27.7 Å². The smallest absolute Gasteiger partial charge is 0.115 e. The number of phenolic OH excluding ortho intramolecular Hbond substituents is 1. The van der Waals surface area contributed by atoms with Gasteiger partial charge in [-0.15, -0.1) is 0 Å². The molecule has 25 heavy (non-hydrogen) atoms. The van der Waals surface area contributed by atoms with E-state index >= 15 is 0 Å². The molecule has 1 rings (SSSR count). The predicted molar refractivity (Wildman–Crippen MR) is 107 cm³/mol. The minimum absolute atomic E-state index is 0. The second kappa shape index (κ2) is 18.1. The van der Waals surface area contributed by atoms with E-state index in [0.717, 1.165) is 0 Å². The summed E-state index contributed by atoms with van der Waals surface area (Å²) in [5.41, 5.74) is 0. The summed E-state index contributed by atoms with van der Waals surface area (Å²) in [5, 5.41) is 8.63. The molecule has 1 N–H and O–H groups in total. The summed E-state index contributed by atoms with van der Waals surface area (Å²) in [5.74, 6) is 0.322. The Bertz CT molecular complexity index is 332. The van der Waals surface area contributed by atoms with Crippen LogP contribution in [-0.2, 0) is 0 Å². The van der Waals surface area contributed by atoms with Crippen LogP contribution in [0.15, 0.2) is 30.3 Å². The van der Waals surface area contributed by atoms with Crippen molar-refractivity contribution in [2.24, 2.45) is 0 Å². The van der Waals surface area contributed by atoms with Crippen molar-refractivity contribution in [3.05, 3.63) is 30.3 Å². The van der Waals surface area contributed by atoms with Gasteiger partial charge in [-0.25, -0.2) is 0 Å². The molecule has 1 aromatic carbocycles. The molecule has 148 valence electrons. The van der Waals surface area contributed by atoms with E-state index < -0.39 is 0 Å². The number of halogens is 1. The number of para-hydroxylation sites is 1. The van der Waals surface area contributed by atoms with Gasteiger partial charge in [-0.2, -0.15) is 0 Å². The van der Waals surface area contributed by atoms with Crippen LogP contribution in [-0.4, -0.2) is 35.8 Å². The first-order valence-electron chi connectivity index (χ1n) is 10.2. The van der Waals surface area contributed by atoms with Gasteiger partial charge in [0.2, 0.25) is 0 Å². The first-order chi connectivity index (χ1) is 11.6. The molecular formula is C22H42ClNO. The maximum Gasteiger partial charge on any atom is 0.115 e. The van der Waals surface area contributed by atoms with E-state index in [1.165, 1.54) is 82.0 Å². The third-order valence-corrected chi connectivity index (χ3v) is 4.70. The zero-order valence-electron chi connectivity index (χ0n) is 17.1. The van der Waals surface area contributed by atoms with Crippen molar-refractivity contribution in [3.63, 3.8) is 0 Å². The molecule has 0 saturated carbocycles. The van der Waals surface area contributed by atoms with Crippen LogP contribution in [0.2, 0.25) is 0 Å². The Morgan fingerprint density at radius 2 is 0.960 bits per heavy atom. The van der Waals surface area contributed by atoms with Gasteiger partial charge < -0.3 is 22.0 Å². The molecule has 0 aliphatic carbocycles. The number of quaternary nitrogens is 1. The minimum atomic E-state index is 0. The van der Waals surface area contributed by atoms with Crippen LogP contribution in [0.4, 0.5) is 0 Å². The number of nitrogens with zero attached hydrogens (tertiary/aromatic N) is 1. The minimum Gasteiger partial charge on any atom is -1.00 e. The van der Waals surface area contributed by atoms with Gasteiger partial charge in [-0.3, -0.25) is 0 Å². The average molecular weight is 372 g/mol. The number of hydrogen-bond donors (Lipinski definition) is 1. The third-order valence-electron chi connectivity index (χ3n) is 4.70. The van der Waals surface area contributed by atoms with Crippen LogP contribution >= 0.6 is 0 Å². The van der Waals surface area contributed by atoms with Gasteiger partial charge in [-0.1, -0.05) is 71.6 Å². The fourth-order valence-electron chi connectivity index (χ4n) is 3.07. The number of rotatable bonds is 12. The quantitative estimate of drug-likeness (QED) is 0.558. The highest BCUT2D eigenvalue weighted by Gasteiger charge is 2.24. The van der Waals surface area contributed by atoms with E-state index in [9.17, 15) is 0 Å². The number of phenols is 1. The summed E-state index contributed by atoms with van der Waals surface area (Å²) >= 11 is 0. The summed E-state index contributed by atoms with van der Waals surface area (Å²) < 4.78 is 1.42. The molecule has 0 spiro atoms. The molecule has 3 heteroatoms. The zero-order valence-corrected chi connectivity index (χ0v) is 17.9. The summed E-state index contributed by atoms with van der Waals surface area (Å²) in [6.07, 6.45) is 11.1. The lowest BCUT2D eigenvalue weighted by atomic mass is 10.1. The van der Waals surface area contributed by atoms with Crippen LogP contribution in [0.1, 0.15) is 79.1 Å². The molecule has 0 radical (unpaired) electrons. The fourth-order valence-corrected chi connectivity index (χ4v) is 3.07. The lowest BCUT2D eigenvalue weighted by Gasteiger charge is -2.39. The van der Waals surface area contributed by atoms with Crippen LogP contribution in [0.5, 0.6) is 5.75 Å². The van der Waals surface area contributed by atoms with Crippen LogP contribution in [0.3, 0.4) is 0 Å². The number of benzene rings is 1. The molecule has 0 saturated heterocycles. The van der Waals surface area contributed by atoms with Gasteiger partial charge in [0, 0.05) is 0 Å². The van der Waals surface area contributed by atoms with Gasteiger partial charge in [0.1, 0.15) is 5.75 Å². The summed E-state index contributed by atoms with van der Waals surface area (Å²) in [4.78, 5) is 0. The largest absolute Gasteiger partial charge is 1.00 e. The van der Waals surface area contributed by atoms with Crippen molar-refractivity contribution < 1.29 is 22.0 Å².